The smallest absolute Gasteiger partial charge is 0.320 e. The molecule has 0 saturated carbocycles. The van der Waals surface area contributed by atoms with E-state index in [1.54, 1.807) is 18.2 Å². The van der Waals surface area contributed by atoms with Gasteiger partial charge in [-0.2, -0.15) is 0 Å². The molecule has 0 atom stereocenters. The second kappa shape index (κ2) is 8.01. The second-order valence-electron chi connectivity index (χ2n) is 6.34. The highest BCUT2D eigenvalue weighted by molar-refractivity contribution is 5.88. The van der Waals surface area contributed by atoms with Crippen LogP contribution in [0.15, 0.2) is 36.5 Å². The molecule has 2 aromatic rings. The number of urea groups is 1. The summed E-state index contributed by atoms with van der Waals surface area (Å²) in [4.78, 5) is 18.5. The Labute approximate surface area is 151 Å². The number of aromatic nitrogens is 1. The van der Waals surface area contributed by atoms with Gasteiger partial charge in [0.15, 0.2) is 0 Å². The minimum absolute atomic E-state index is 0.0556. The molecule has 138 valence electrons. The number of piperidine rings is 1. The Morgan fingerprint density at radius 2 is 2.00 bits per heavy atom. The van der Waals surface area contributed by atoms with E-state index in [4.69, 9.17) is 10.5 Å². The molecule has 1 saturated heterocycles. The van der Waals surface area contributed by atoms with Gasteiger partial charge in [-0.15, -0.1) is 0 Å². The highest BCUT2D eigenvalue weighted by atomic mass is 19.1. The van der Waals surface area contributed by atoms with Crippen LogP contribution in [0.1, 0.15) is 12.8 Å². The van der Waals surface area contributed by atoms with Crippen molar-refractivity contribution in [3.05, 3.63) is 42.3 Å². The molecule has 1 aliphatic rings. The summed E-state index contributed by atoms with van der Waals surface area (Å²) in [6.07, 6.45) is 3.35. The third-order valence-corrected chi connectivity index (χ3v) is 4.23. The number of anilines is 2. The highest BCUT2D eigenvalue weighted by Crippen LogP contribution is 2.25. The lowest BCUT2D eigenvalue weighted by Crippen LogP contribution is -2.44. The number of likely N-dealkylation sites (tertiary alicyclic amines) is 1. The van der Waals surface area contributed by atoms with Gasteiger partial charge in [-0.1, -0.05) is 0 Å². The molecule has 7 nitrogen and oxygen atoms in total. The van der Waals surface area contributed by atoms with Crippen molar-refractivity contribution in [1.29, 1.82) is 0 Å². The van der Waals surface area contributed by atoms with Crippen molar-refractivity contribution in [2.75, 3.05) is 31.2 Å². The van der Waals surface area contributed by atoms with E-state index in [-0.39, 0.29) is 17.8 Å². The molecule has 2 amide bonds. The number of benzene rings is 1. The zero-order chi connectivity index (χ0) is 18.5. The summed E-state index contributed by atoms with van der Waals surface area (Å²) in [6.45, 7) is 1.93. The van der Waals surface area contributed by atoms with Gasteiger partial charge in [0, 0.05) is 24.4 Å². The molecule has 4 N–H and O–H groups in total. The van der Waals surface area contributed by atoms with Gasteiger partial charge in [0.2, 0.25) is 0 Å². The van der Waals surface area contributed by atoms with Crippen molar-refractivity contribution in [3.8, 4) is 11.5 Å². The van der Waals surface area contributed by atoms with Gasteiger partial charge >= 0.3 is 6.03 Å². The predicted molar refractivity (Wildman–Crippen MR) is 97.8 cm³/mol. The number of ether oxygens (including phenoxy) is 1. The molecule has 0 unspecified atom stereocenters. The molecule has 0 spiro atoms. The topological polar surface area (TPSA) is 92.5 Å². The van der Waals surface area contributed by atoms with Gasteiger partial charge in [0.1, 0.15) is 23.1 Å². The first-order valence-corrected chi connectivity index (χ1v) is 8.44. The number of hydrogen-bond acceptors (Lipinski definition) is 5. The first kappa shape index (κ1) is 17.9. The van der Waals surface area contributed by atoms with E-state index in [9.17, 15) is 9.18 Å². The van der Waals surface area contributed by atoms with E-state index in [1.807, 2.05) is 0 Å². The minimum atomic E-state index is -0.549. The summed E-state index contributed by atoms with van der Waals surface area (Å²) >= 11 is 0. The molecule has 1 aromatic carbocycles. The van der Waals surface area contributed by atoms with Gasteiger partial charge in [0.05, 0.1) is 5.69 Å². The summed E-state index contributed by atoms with van der Waals surface area (Å²) in [5.41, 5.74) is 5.50. The van der Waals surface area contributed by atoms with Crippen molar-refractivity contribution in [2.24, 2.45) is 0 Å². The molecule has 3 rings (SSSR count). The molecule has 8 heteroatoms. The molecule has 0 aliphatic carbocycles. The van der Waals surface area contributed by atoms with Crippen LogP contribution in [0.3, 0.4) is 0 Å². The van der Waals surface area contributed by atoms with Crippen LogP contribution in [0.25, 0.3) is 0 Å². The van der Waals surface area contributed by atoms with E-state index < -0.39 is 5.82 Å². The first-order chi connectivity index (χ1) is 12.5. The van der Waals surface area contributed by atoms with Crippen molar-refractivity contribution in [2.45, 2.75) is 18.9 Å². The number of pyridine rings is 1. The normalized spacial score (nSPS) is 15.5. The van der Waals surface area contributed by atoms with Crippen LogP contribution < -0.4 is 21.1 Å². The second-order valence-corrected chi connectivity index (χ2v) is 6.34. The van der Waals surface area contributed by atoms with Gasteiger partial charge in [0.25, 0.3) is 0 Å². The van der Waals surface area contributed by atoms with E-state index >= 15 is 0 Å². The Morgan fingerprint density at radius 3 is 2.73 bits per heavy atom. The fourth-order valence-corrected chi connectivity index (χ4v) is 2.74. The number of nitrogen functional groups attached to an aromatic ring is 1. The summed E-state index contributed by atoms with van der Waals surface area (Å²) in [7, 11) is 2.07. The standard InChI is InChI=1S/C18H22FN5O2/c1-24-8-5-12(6-9-24)22-18(25)23-17-11-14(4-7-21-17)26-13-2-3-16(20)15(19)10-13/h2-4,7,10-12H,5-6,8-9,20H2,1H3,(H2,21,22,23,25). The molecule has 1 aliphatic heterocycles. The van der Waals surface area contributed by atoms with Crippen LogP contribution in [0.4, 0.5) is 20.7 Å². The average Bonchev–Trinajstić information content (AvgIpc) is 2.60. The van der Waals surface area contributed by atoms with Crippen molar-refractivity contribution in [1.82, 2.24) is 15.2 Å². The number of hydrogen-bond donors (Lipinski definition) is 3. The molecule has 1 fully saturated rings. The van der Waals surface area contributed by atoms with Crippen LogP contribution in [0.2, 0.25) is 0 Å². The van der Waals surface area contributed by atoms with Crippen LogP contribution in [-0.4, -0.2) is 42.1 Å². The third-order valence-electron chi connectivity index (χ3n) is 4.23. The molecular formula is C18H22FN5O2. The maximum absolute atomic E-state index is 13.5. The number of nitrogens with two attached hydrogens (primary N) is 1. The quantitative estimate of drug-likeness (QED) is 0.730. The summed E-state index contributed by atoms with van der Waals surface area (Å²) in [5, 5.41) is 5.65. The van der Waals surface area contributed by atoms with E-state index in [2.05, 4.69) is 27.6 Å². The van der Waals surface area contributed by atoms with Gasteiger partial charge in [-0.05, 0) is 51.2 Å². The molecule has 1 aromatic heterocycles. The van der Waals surface area contributed by atoms with Gasteiger partial charge < -0.3 is 20.7 Å². The number of nitrogens with zero attached hydrogens (tertiary/aromatic N) is 2. The van der Waals surface area contributed by atoms with Crippen LogP contribution in [0.5, 0.6) is 11.5 Å². The lowest BCUT2D eigenvalue weighted by Gasteiger charge is -2.29. The van der Waals surface area contributed by atoms with E-state index in [0.29, 0.717) is 17.3 Å². The zero-order valence-corrected chi connectivity index (χ0v) is 14.5. The van der Waals surface area contributed by atoms with E-state index in [1.165, 1.54) is 18.3 Å². The number of nitrogens with one attached hydrogen (secondary N) is 2. The highest BCUT2D eigenvalue weighted by Gasteiger charge is 2.18. The largest absolute Gasteiger partial charge is 0.457 e. The number of carbonyl (C=O) groups is 1. The molecule has 0 bridgehead atoms. The number of rotatable bonds is 4. The van der Waals surface area contributed by atoms with Crippen LogP contribution >= 0.6 is 0 Å². The van der Waals surface area contributed by atoms with Crippen molar-refractivity contribution < 1.29 is 13.9 Å². The Kier molecular flexibility index (Phi) is 5.52. The Morgan fingerprint density at radius 1 is 1.27 bits per heavy atom. The molecule has 26 heavy (non-hydrogen) atoms. The SMILES string of the molecule is CN1CCC(NC(=O)Nc2cc(Oc3ccc(N)c(F)c3)ccn2)CC1. The summed E-state index contributed by atoms with van der Waals surface area (Å²) < 4.78 is 19.1. The lowest BCUT2D eigenvalue weighted by molar-refractivity contribution is 0.221. The van der Waals surface area contributed by atoms with Crippen molar-refractivity contribution in [3.63, 3.8) is 0 Å². The molecular weight excluding hydrogens is 337 g/mol. The average molecular weight is 359 g/mol. The Balaban J connectivity index is 1.58. The van der Waals surface area contributed by atoms with Gasteiger partial charge in [-0.25, -0.2) is 14.2 Å². The molecule has 0 radical (unpaired) electrons. The maximum Gasteiger partial charge on any atom is 0.320 e. The van der Waals surface area contributed by atoms with Crippen molar-refractivity contribution >= 4 is 17.5 Å². The predicted octanol–water partition coefficient (Wildman–Crippen LogP) is 2.81. The number of halogens is 1. The monoisotopic (exact) mass is 359 g/mol. The minimum Gasteiger partial charge on any atom is -0.457 e. The zero-order valence-electron chi connectivity index (χ0n) is 14.5. The summed E-state index contributed by atoms with van der Waals surface area (Å²) in [6, 6.07) is 7.25. The third kappa shape index (κ3) is 4.82. The number of carbonyl (C=O) groups excluding carboxylic acids is 1. The molecule has 2 heterocycles. The fraction of sp³-hybridized carbons (Fsp3) is 0.333. The van der Waals surface area contributed by atoms with Gasteiger partial charge in [-0.3, -0.25) is 5.32 Å². The Hall–Kier alpha value is -2.87. The first-order valence-electron chi connectivity index (χ1n) is 8.44. The Bertz CT molecular complexity index is 778. The van der Waals surface area contributed by atoms with E-state index in [0.717, 1.165) is 25.9 Å². The lowest BCUT2D eigenvalue weighted by atomic mass is 10.1. The maximum atomic E-state index is 13.5. The summed E-state index contributed by atoms with van der Waals surface area (Å²) in [5.74, 6) is 0.541. The van der Waals surface area contributed by atoms with Crippen LogP contribution in [-0.2, 0) is 0 Å². The number of amides is 2. The van der Waals surface area contributed by atoms with Crippen LogP contribution in [0, 0.1) is 5.82 Å². The fourth-order valence-electron chi connectivity index (χ4n) is 2.74.